The van der Waals surface area contributed by atoms with Gasteiger partial charge in [0.15, 0.2) is 0 Å². The van der Waals surface area contributed by atoms with Gasteiger partial charge in [0.1, 0.15) is 11.5 Å². The molecule has 2 N–H and O–H groups in total. The van der Waals surface area contributed by atoms with Crippen LogP contribution in [0.1, 0.15) is 38.7 Å². The van der Waals surface area contributed by atoms with E-state index in [9.17, 15) is 9.59 Å². The zero-order valence-corrected chi connectivity index (χ0v) is 16.3. The van der Waals surface area contributed by atoms with Crippen LogP contribution in [-0.2, 0) is 13.0 Å². The van der Waals surface area contributed by atoms with Gasteiger partial charge >= 0.3 is 0 Å². The first-order chi connectivity index (χ1) is 13.9. The lowest BCUT2D eigenvalue weighted by Crippen LogP contribution is -2.24. The van der Waals surface area contributed by atoms with Gasteiger partial charge in [-0.2, -0.15) is 0 Å². The van der Waals surface area contributed by atoms with Crippen LogP contribution in [0.3, 0.4) is 0 Å². The number of hydrogen-bond acceptors (Lipinski definition) is 4. The summed E-state index contributed by atoms with van der Waals surface area (Å²) < 4.78 is 7.18. The second kappa shape index (κ2) is 7.39. The van der Waals surface area contributed by atoms with Gasteiger partial charge in [0.05, 0.1) is 28.7 Å². The maximum absolute atomic E-state index is 13.4. The third-order valence-electron chi connectivity index (χ3n) is 4.99. The van der Waals surface area contributed by atoms with E-state index >= 15 is 0 Å². The third kappa shape index (κ3) is 3.57. The Balaban J connectivity index is 1.95. The molecular formula is C23H21N3O3. The lowest BCUT2D eigenvalue weighted by Gasteiger charge is -2.14. The van der Waals surface area contributed by atoms with Crippen LogP contribution < -0.4 is 11.3 Å². The second-order valence-electron chi connectivity index (χ2n) is 7.10. The van der Waals surface area contributed by atoms with Gasteiger partial charge in [0, 0.05) is 6.20 Å². The lowest BCUT2D eigenvalue weighted by atomic mass is 9.95. The first-order valence-corrected chi connectivity index (χ1v) is 9.35. The number of amides is 1. The van der Waals surface area contributed by atoms with Crippen molar-refractivity contribution in [3.8, 4) is 0 Å². The van der Waals surface area contributed by atoms with Gasteiger partial charge in [-0.15, -0.1) is 0 Å². The summed E-state index contributed by atoms with van der Waals surface area (Å²) in [7, 11) is 0. The number of carbonyl (C=O) groups excluding carboxylic acids is 1. The van der Waals surface area contributed by atoms with Crippen molar-refractivity contribution in [2.75, 3.05) is 0 Å². The Bertz CT molecular complexity index is 1270. The second-order valence-corrected chi connectivity index (χ2v) is 7.10. The highest BCUT2D eigenvalue weighted by Gasteiger charge is 2.20. The molecule has 4 rings (SSSR count). The molecule has 1 amide bonds. The lowest BCUT2D eigenvalue weighted by molar-refractivity contribution is 0.0998. The molecule has 4 aromatic rings. The number of aryl methyl sites for hydroxylation is 2. The summed E-state index contributed by atoms with van der Waals surface area (Å²) in [5.74, 6) is 0.884. The Morgan fingerprint density at radius 1 is 1.10 bits per heavy atom. The minimum atomic E-state index is -0.584. The Morgan fingerprint density at radius 3 is 2.52 bits per heavy atom. The molecule has 0 unspecified atom stereocenters. The summed E-state index contributed by atoms with van der Waals surface area (Å²) in [6.45, 7) is 3.90. The molecule has 0 radical (unpaired) electrons. The average Bonchev–Trinajstić information content (AvgIpc) is 3.09. The van der Waals surface area contributed by atoms with Crippen LogP contribution in [0.15, 0.2) is 63.9 Å². The molecule has 1 aromatic carbocycles. The van der Waals surface area contributed by atoms with Gasteiger partial charge in [-0.3, -0.25) is 14.6 Å². The van der Waals surface area contributed by atoms with Gasteiger partial charge in [-0.25, -0.2) is 0 Å². The molecule has 3 aromatic heterocycles. The van der Waals surface area contributed by atoms with E-state index in [0.717, 1.165) is 11.3 Å². The molecule has 0 spiro atoms. The molecule has 0 bridgehead atoms. The van der Waals surface area contributed by atoms with Crippen molar-refractivity contribution < 1.29 is 9.21 Å². The maximum Gasteiger partial charge on any atom is 0.260 e. The van der Waals surface area contributed by atoms with Crippen LogP contribution in [-0.4, -0.2) is 15.5 Å². The van der Waals surface area contributed by atoms with E-state index in [1.807, 2.05) is 49.4 Å². The fraction of sp³-hybridized carbons (Fsp3) is 0.174. The summed E-state index contributed by atoms with van der Waals surface area (Å²) in [4.78, 5) is 30.1. The number of carbonyl (C=O) groups is 1. The monoisotopic (exact) mass is 387 g/mol. The van der Waals surface area contributed by atoms with E-state index in [-0.39, 0.29) is 5.56 Å². The van der Waals surface area contributed by atoms with Crippen LogP contribution in [0, 0.1) is 13.8 Å². The summed E-state index contributed by atoms with van der Waals surface area (Å²) in [5.41, 5.74) is 8.43. The normalized spacial score (nSPS) is 11.1. The zero-order valence-electron chi connectivity index (χ0n) is 16.3. The highest BCUT2D eigenvalue weighted by atomic mass is 16.3. The fourth-order valence-corrected chi connectivity index (χ4v) is 3.69. The number of fused-ring (bicyclic) bond motifs is 1. The Labute approximate surface area is 167 Å². The van der Waals surface area contributed by atoms with Crippen LogP contribution in [0.2, 0.25) is 0 Å². The summed E-state index contributed by atoms with van der Waals surface area (Å²) in [5, 5.41) is 0.416. The largest absolute Gasteiger partial charge is 0.464 e. The summed E-state index contributed by atoms with van der Waals surface area (Å²) in [6.07, 6.45) is 2.11. The van der Waals surface area contributed by atoms with E-state index in [4.69, 9.17) is 10.2 Å². The molecule has 3 heterocycles. The molecule has 6 heteroatoms. The van der Waals surface area contributed by atoms with E-state index in [2.05, 4.69) is 4.98 Å². The van der Waals surface area contributed by atoms with Gasteiger partial charge in [-0.1, -0.05) is 30.3 Å². The molecule has 0 saturated carbocycles. The molecule has 6 nitrogen and oxygen atoms in total. The molecule has 146 valence electrons. The minimum absolute atomic E-state index is 0.225. The van der Waals surface area contributed by atoms with Gasteiger partial charge < -0.3 is 14.7 Å². The third-order valence-corrected chi connectivity index (χ3v) is 4.99. The highest BCUT2D eigenvalue weighted by molar-refractivity contribution is 6.00. The predicted octanol–water partition coefficient (Wildman–Crippen LogP) is 3.34. The van der Waals surface area contributed by atoms with Crippen LogP contribution in [0.4, 0.5) is 0 Å². The number of nitrogens with zero attached hydrogens (tertiary/aromatic N) is 2. The zero-order chi connectivity index (χ0) is 20.5. The number of furan rings is 1. The van der Waals surface area contributed by atoms with Crippen molar-refractivity contribution in [2.24, 2.45) is 5.73 Å². The van der Waals surface area contributed by atoms with Crippen molar-refractivity contribution in [3.63, 3.8) is 0 Å². The smallest absolute Gasteiger partial charge is 0.260 e. The minimum Gasteiger partial charge on any atom is -0.464 e. The van der Waals surface area contributed by atoms with Crippen molar-refractivity contribution in [1.29, 1.82) is 0 Å². The average molecular weight is 387 g/mol. The Morgan fingerprint density at radius 2 is 1.86 bits per heavy atom. The van der Waals surface area contributed by atoms with Crippen LogP contribution >= 0.6 is 0 Å². The SMILES string of the molecule is Cc1ccc(Cn2ccc3nc(C)c(C(N)=O)c(Cc4ccccc4)c3c2=O)o1. The van der Waals surface area contributed by atoms with Crippen molar-refractivity contribution in [3.05, 3.63) is 99.0 Å². The topological polar surface area (TPSA) is 91.1 Å². The van der Waals surface area contributed by atoms with E-state index in [1.54, 1.807) is 23.8 Å². The molecule has 0 aliphatic rings. The molecule has 29 heavy (non-hydrogen) atoms. The number of benzene rings is 1. The quantitative estimate of drug-likeness (QED) is 0.568. The molecule has 0 fully saturated rings. The van der Waals surface area contributed by atoms with Crippen molar-refractivity contribution in [1.82, 2.24) is 9.55 Å². The van der Waals surface area contributed by atoms with Crippen LogP contribution in [0.25, 0.3) is 10.9 Å². The Hall–Kier alpha value is -3.67. The predicted molar refractivity (Wildman–Crippen MR) is 111 cm³/mol. The number of pyridine rings is 2. The maximum atomic E-state index is 13.4. The number of rotatable bonds is 5. The molecule has 0 saturated heterocycles. The molecule has 0 aliphatic carbocycles. The van der Waals surface area contributed by atoms with Crippen molar-refractivity contribution in [2.45, 2.75) is 26.8 Å². The van der Waals surface area contributed by atoms with Gasteiger partial charge in [0.25, 0.3) is 11.5 Å². The van der Waals surface area contributed by atoms with E-state index in [1.165, 1.54) is 0 Å². The first-order valence-electron chi connectivity index (χ1n) is 9.35. The number of primary amides is 1. The van der Waals surface area contributed by atoms with E-state index in [0.29, 0.717) is 46.4 Å². The first kappa shape index (κ1) is 18.7. The van der Waals surface area contributed by atoms with Gasteiger partial charge in [0.2, 0.25) is 0 Å². The van der Waals surface area contributed by atoms with E-state index < -0.39 is 5.91 Å². The highest BCUT2D eigenvalue weighted by Crippen LogP contribution is 2.24. The fourth-order valence-electron chi connectivity index (χ4n) is 3.69. The summed E-state index contributed by atoms with van der Waals surface area (Å²) >= 11 is 0. The molecule has 0 atom stereocenters. The number of hydrogen-bond donors (Lipinski definition) is 1. The number of nitrogens with two attached hydrogens (primary N) is 1. The van der Waals surface area contributed by atoms with Gasteiger partial charge in [-0.05, 0) is 49.6 Å². The summed E-state index contributed by atoms with van der Waals surface area (Å²) in [6, 6.07) is 15.2. The number of aromatic nitrogens is 2. The standard InChI is InChI=1S/C23H21N3O3/c1-14-8-9-17(29-14)13-26-11-10-19-21(23(26)28)18(12-16-6-4-3-5-7-16)20(22(24)27)15(2)25-19/h3-11H,12-13H2,1-2H3,(H2,24,27). The molecule has 0 aliphatic heterocycles. The van der Waals surface area contributed by atoms with Crippen LogP contribution in [0.5, 0.6) is 0 Å². The Kier molecular flexibility index (Phi) is 4.76. The molecular weight excluding hydrogens is 366 g/mol. The van der Waals surface area contributed by atoms with Crippen molar-refractivity contribution >= 4 is 16.8 Å².